The van der Waals surface area contributed by atoms with Gasteiger partial charge in [-0.25, -0.2) is 4.79 Å². The quantitative estimate of drug-likeness (QED) is 0.586. The van der Waals surface area contributed by atoms with Gasteiger partial charge < -0.3 is 24.7 Å². The van der Waals surface area contributed by atoms with E-state index >= 15 is 0 Å². The molecule has 2 aliphatic heterocycles. The first-order chi connectivity index (χ1) is 14.2. The summed E-state index contributed by atoms with van der Waals surface area (Å²) in [6.07, 6.45) is -0.240. The van der Waals surface area contributed by atoms with E-state index in [4.69, 9.17) is 19.8 Å². The van der Waals surface area contributed by atoms with Crippen LogP contribution in [0.3, 0.4) is 0 Å². The van der Waals surface area contributed by atoms with E-state index in [1.54, 1.807) is 4.90 Å². The smallest absolute Gasteiger partial charge is 0.444 e. The summed E-state index contributed by atoms with van der Waals surface area (Å²) in [6, 6.07) is 4.11. The summed E-state index contributed by atoms with van der Waals surface area (Å²) in [4.78, 5) is 16.4. The molecule has 172 valence electrons. The van der Waals surface area contributed by atoms with Crippen molar-refractivity contribution in [3.63, 3.8) is 0 Å². The molecule has 0 spiro atoms. The van der Waals surface area contributed by atoms with E-state index in [9.17, 15) is 4.79 Å². The number of piperazine rings is 1. The second-order valence-corrected chi connectivity index (χ2v) is 10.7. The minimum atomic E-state index is -0.475. The number of hydrogen-bond acceptors (Lipinski definition) is 6. The van der Waals surface area contributed by atoms with Crippen LogP contribution in [-0.4, -0.2) is 66.0 Å². The molecule has 0 unspecified atom stereocenters. The highest BCUT2D eigenvalue weighted by molar-refractivity contribution is 6.62. The Balaban J connectivity index is 1.67. The van der Waals surface area contributed by atoms with Crippen LogP contribution in [0, 0.1) is 6.92 Å². The molecule has 8 heteroatoms. The van der Waals surface area contributed by atoms with E-state index in [0.717, 1.165) is 41.9 Å². The van der Waals surface area contributed by atoms with Crippen molar-refractivity contribution in [2.45, 2.75) is 78.7 Å². The molecule has 2 saturated heterocycles. The summed E-state index contributed by atoms with van der Waals surface area (Å²) in [5.41, 5.74) is 9.02. The minimum absolute atomic E-state index is 0.240. The van der Waals surface area contributed by atoms with Crippen LogP contribution in [0.2, 0.25) is 0 Å². The molecular weight excluding hydrogens is 393 g/mol. The zero-order valence-electron chi connectivity index (χ0n) is 20.4. The number of carbonyl (C=O) groups excluding carboxylic acids is 1. The molecule has 1 amide bonds. The summed E-state index contributed by atoms with van der Waals surface area (Å²) in [7, 11) is -0.435. The predicted octanol–water partition coefficient (Wildman–Crippen LogP) is 2.93. The first-order valence-electron chi connectivity index (χ1n) is 11.1. The summed E-state index contributed by atoms with van der Waals surface area (Å²) < 4.78 is 17.9. The molecular formula is C23H38BN3O4. The molecule has 2 heterocycles. The highest BCUT2D eigenvalue weighted by Crippen LogP contribution is 2.36. The Morgan fingerprint density at radius 3 is 2.16 bits per heavy atom. The molecule has 3 rings (SSSR count). The number of amides is 1. The molecule has 0 bridgehead atoms. The van der Waals surface area contributed by atoms with Gasteiger partial charge in [-0.05, 0) is 78.0 Å². The van der Waals surface area contributed by atoms with Gasteiger partial charge in [0.2, 0.25) is 0 Å². The average molecular weight is 431 g/mol. The second kappa shape index (κ2) is 8.30. The number of rotatable bonds is 3. The zero-order valence-corrected chi connectivity index (χ0v) is 20.4. The lowest BCUT2D eigenvalue weighted by molar-refractivity contribution is 0.00578. The molecule has 0 saturated carbocycles. The average Bonchev–Trinajstić information content (AvgIpc) is 2.85. The maximum atomic E-state index is 12.3. The van der Waals surface area contributed by atoms with Gasteiger partial charge in [0.05, 0.1) is 11.2 Å². The van der Waals surface area contributed by atoms with E-state index < -0.39 is 23.9 Å². The highest BCUT2D eigenvalue weighted by atomic mass is 16.7. The van der Waals surface area contributed by atoms with Crippen LogP contribution in [0.1, 0.15) is 59.6 Å². The van der Waals surface area contributed by atoms with Gasteiger partial charge in [0.1, 0.15) is 5.60 Å². The molecule has 0 aliphatic carbocycles. The van der Waals surface area contributed by atoms with Crippen molar-refractivity contribution in [3.05, 3.63) is 23.3 Å². The third kappa shape index (κ3) is 5.36. The van der Waals surface area contributed by atoms with E-state index in [1.165, 1.54) is 0 Å². The van der Waals surface area contributed by atoms with Crippen LogP contribution in [0.5, 0.6) is 0 Å². The Labute approximate surface area is 187 Å². The summed E-state index contributed by atoms with van der Waals surface area (Å²) in [6.45, 7) is 19.6. The summed E-state index contributed by atoms with van der Waals surface area (Å²) in [5.74, 6) is 0. The summed E-state index contributed by atoms with van der Waals surface area (Å²) >= 11 is 0. The Morgan fingerprint density at radius 2 is 1.65 bits per heavy atom. The van der Waals surface area contributed by atoms with Crippen molar-refractivity contribution in [1.29, 1.82) is 0 Å². The standard InChI is InChI=1S/C23H38BN3O4/c1-16-17(15-26-9-11-27(12-10-26)20(28)29-21(2,3)4)13-18(14-19(16)25)24-30-22(5,6)23(7,8)31-24/h13-14H,9-12,15,25H2,1-8H3. The lowest BCUT2D eigenvalue weighted by Gasteiger charge is -2.36. The van der Waals surface area contributed by atoms with Gasteiger partial charge in [0.15, 0.2) is 0 Å². The van der Waals surface area contributed by atoms with E-state index in [1.807, 2.05) is 26.8 Å². The van der Waals surface area contributed by atoms with Crippen molar-refractivity contribution in [3.8, 4) is 0 Å². The molecule has 0 radical (unpaired) electrons. The molecule has 31 heavy (non-hydrogen) atoms. The Kier molecular flexibility index (Phi) is 6.40. The number of hydrogen-bond donors (Lipinski definition) is 1. The maximum Gasteiger partial charge on any atom is 0.494 e. The maximum absolute atomic E-state index is 12.3. The van der Waals surface area contributed by atoms with Gasteiger partial charge in [-0.3, -0.25) is 4.90 Å². The molecule has 7 nitrogen and oxygen atoms in total. The lowest BCUT2D eigenvalue weighted by Crippen LogP contribution is -2.49. The number of carbonyl (C=O) groups is 1. The number of nitrogens with two attached hydrogens (primary N) is 1. The van der Waals surface area contributed by atoms with E-state index in [0.29, 0.717) is 13.1 Å². The van der Waals surface area contributed by atoms with Gasteiger partial charge in [-0.2, -0.15) is 0 Å². The van der Waals surface area contributed by atoms with Gasteiger partial charge >= 0.3 is 13.2 Å². The zero-order chi connectivity index (χ0) is 23.2. The number of nitrogen functional groups attached to an aromatic ring is 1. The largest absolute Gasteiger partial charge is 0.494 e. The number of anilines is 1. The molecule has 0 aromatic heterocycles. The Hall–Kier alpha value is -1.77. The second-order valence-electron chi connectivity index (χ2n) is 10.7. The van der Waals surface area contributed by atoms with Crippen molar-refractivity contribution in [2.24, 2.45) is 0 Å². The molecule has 0 atom stereocenters. The minimum Gasteiger partial charge on any atom is -0.444 e. The molecule has 2 aliphatic rings. The van der Waals surface area contributed by atoms with Gasteiger partial charge in [0.25, 0.3) is 0 Å². The third-order valence-electron chi connectivity index (χ3n) is 6.52. The first-order valence-corrected chi connectivity index (χ1v) is 11.1. The van der Waals surface area contributed by atoms with Crippen LogP contribution in [0.4, 0.5) is 10.5 Å². The number of nitrogens with zero attached hydrogens (tertiary/aromatic N) is 2. The molecule has 1 aromatic carbocycles. The molecule has 2 fully saturated rings. The number of benzene rings is 1. The van der Waals surface area contributed by atoms with Crippen LogP contribution >= 0.6 is 0 Å². The number of ether oxygens (including phenoxy) is 1. The molecule has 1 aromatic rings. The van der Waals surface area contributed by atoms with Crippen LogP contribution in [0.25, 0.3) is 0 Å². The normalized spacial score (nSPS) is 21.4. The highest BCUT2D eigenvalue weighted by Gasteiger charge is 2.51. The predicted molar refractivity (Wildman–Crippen MR) is 124 cm³/mol. The van der Waals surface area contributed by atoms with Crippen molar-refractivity contribution in [2.75, 3.05) is 31.9 Å². The van der Waals surface area contributed by atoms with Crippen molar-refractivity contribution < 1.29 is 18.8 Å². The van der Waals surface area contributed by atoms with Crippen LogP contribution in [-0.2, 0) is 20.6 Å². The fraction of sp³-hybridized carbons (Fsp3) is 0.696. The van der Waals surface area contributed by atoms with Crippen LogP contribution in [0.15, 0.2) is 12.1 Å². The van der Waals surface area contributed by atoms with E-state index in [-0.39, 0.29) is 6.09 Å². The SMILES string of the molecule is Cc1c(N)cc(B2OC(C)(C)C(C)(C)O2)cc1CN1CCN(C(=O)OC(C)(C)C)CC1. The van der Waals surface area contributed by atoms with Crippen molar-refractivity contribution >= 4 is 24.4 Å². The van der Waals surface area contributed by atoms with E-state index in [2.05, 4.69) is 45.6 Å². The lowest BCUT2D eigenvalue weighted by atomic mass is 9.77. The van der Waals surface area contributed by atoms with Gasteiger partial charge in [0, 0.05) is 38.4 Å². The summed E-state index contributed by atoms with van der Waals surface area (Å²) in [5, 5.41) is 0. The first kappa shape index (κ1) is 23.9. The fourth-order valence-corrected chi connectivity index (χ4v) is 3.76. The van der Waals surface area contributed by atoms with Gasteiger partial charge in [-0.1, -0.05) is 6.07 Å². The van der Waals surface area contributed by atoms with Crippen molar-refractivity contribution in [1.82, 2.24) is 9.80 Å². The molecule has 2 N–H and O–H groups in total. The fourth-order valence-electron chi connectivity index (χ4n) is 3.76. The Bertz CT molecular complexity index is 811. The monoisotopic (exact) mass is 431 g/mol. The Morgan fingerprint density at radius 1 is 1.10 bits per heavy atom. The topological polar surface area (TPSA) is 77.3 Å². The third-order valence-corrected chi connectivity index (χ3v) is 6.52. The van der Waals surface area contributed by atoms with Crippen LogP contribution < -0.4 is 11.2 Å². The van der Waals surface area contributed by atoms with Gasteiger partial charge in [-0.15, -0.1) is 0 Å².